The number of anilines is 1. The van der Waals surface area contributed by atoms with Gasteiger partial charge >= 0.3 is 0 Å². The van der Waals surface area contributed by atoms with Gasteiger partial charge in [-0.25, -0.2) is 13.5 Å². The van der Waals surface area contributed by atoms with Crippen LogP contribution in [0.3, 0.4) is 0 Å². The average molecular weight is 595 g/mol. The molecule has 2 amide bonds. The summed E-state index contributed by atoms with van der Waals surface area (Å²) in [5, 5.41) is 7.61. The number of nitrogens with one attached hydrogen (secondary N) is 1. The molecule has 1 unspecified atom stereocenters. The van der Waals surface area contributed by atoms with E-state index in [9.17, 15) is 18.4 Å². The zero-order valence-electron chi connectivity index (χ0n) is 23.3. The molecule has 9 heteroatoms. The second kappa shape index (κ2) is 12.2. The highest BCUT2D eigenvalue weighted by Gasteiger charge is 2.38. The van der Waals surface area contributed by atoms with Crippen molar-refractivity contribution in [3.05, 3.63) is 137 Å². The molecule has 0 radical (unpaired) electrons. The molecule has 1 aliphatic rings. The van der Waals surface area contributed by atoms with E-state index in [2.05, 4.69) is 11.4 Å². The van der Waals surface area contributed by atoms with Crippen LogP contribution in [0.4, 0.5) is 14.6 Å². The molecule has 1 atom stereocenters. The number of hydrogen-bond acceptors (Lipinski definition) is 4. The topological polar surface area (TPSA) is 67.2 Å². The first-order valence-electron chi connectivity index (χ1n) is 13.8. The molecule has 0 saturated carbocycles. The quantitative estimate of drug-likeness (QED) is 0.230. The first-order chi connectivity index (χ1) is 20.9. The Bertz CT molecular complexity index is 1770. The Kier molecular flexibility index (Phi) is 8.07. The van der Waals surface area contributed by atoms with E-state index >= 15 is 0 Å². The summed E-state index contributed by atoms with van der Waals surface area (Å²) in [5.41, 5.74) is 5.72. The third-order valence-corrected chi connectivity index (χ3v) is 8.62. The summed E-state index contributed by atoms with van der Waals surface area (Å²) in [6.07, 6.45) is 0. The molecule has 216 valence electrons. The molecule has 0 bridgehead atoms. The van der Waals surface area contributed by atoms with E-state index in [1.54, 1.807) is 28.9 Å². The summed E-state index contributed by atoms with van der Waals surface area (Å²) >= 11 is 1.49. The molecular weight excluding hydrogens is 566 g/mol. The predicted molar refractivity (Wildman–Crippen MR) is 165 cm³/mol. The van der Waals surface area contributed by atoms with E-state index in [-0.39, 0.29) is 41.7 Å². The molecule has 4 aromatic carbocycles. The molecule has 0 saturated heterocycles. The fraction of sp³-hybridized carbons (Fsp3) is 0.147. The number of aromatic nitrogens is 2. The molecule has 1 N–H and O–H groups in total. The van der Waals surface area contributed by atoms with Crippen LogP contribution in [-0.2, 0) is 16.1 Å². The van der Waals surface area contributed by atoms with E-state index in [4.69, 9.17) is 5.10 Å². The van der Waals surface area contributed by atoms with Crippen molar-refractivity contribution < 1.29 is 18.4 Å². The minimum absolute atomic E-state index is 0.135. The summed E-state index contributed by atoms with van der Waals surface area (Å²) in [7, 11) is 0. The molecule has 1 aromatic heterocycles. The first-order valence-corrected chi connectivity index (χ1v) is 14.9. The largest absolute Gasteiger partial charge is 0.350 e. The van der Waals surface area contributed by atoms with Gasteiger partial charge in [-0.15, -0.1) is 11.8 Å². The van der Waals surface area contributed by atoms with Gasteiger partial charge in [-0.1, -0.05) is 66.7 Å². The summed E-state index contributed by atoms with van der Waals surface area (Å²) < 4.78 is 29.0. The fourth-order valence-electron chi connectivity index (χ4n) is 5.22. The van der Waals surface area contributed by atoms with Crippen molar-refractivity contribution in [2.24, 2.45) is 0 Å². The Hall–Kier alpha value is -4.76. The second-order valence-corrected chi connectivity index (χ2v) is 11.4. The van der Waals surface area contributed by atoms with Crippen LogP contribution in [0.5, 0.6) is 0 Å². The molecule has 0 spiro atoms. The van der Waals surface area contributed by atoms with Gasteiger partial charge in [0.25, 0.3) is 0 Å². The Morgan fingerprint density at radius 2 is 1.56 bits per heavy atom. The number of rotatable bonds is 7. The monoisotopic (exact) mass is 594 g/mol. The number of carbonyl (C=O) groups excluding carboxylic acids is 2. The predicted octanol–water partition coefficient (Wildman–Crippen LogP) is 6.61. The number of hydrogen-bond donors (Lipinski definition) is 1. The Labute approximate surface area is 252 Å². The summed E-state index contributed by atoms with van der Waals surface area (Å²) in [5.74, 6) is -0.784. The standard InChI is InChI=1S/C34H28F2N4O2S/c1-22-7-5-6-10-28(22)33-31-32(24-8-3-2-4-9-24)38-40(27-17-15-26(36)16-18-27)34(31)39(30(42)21-43-33)20-29(41)37-19-23-11-13-25(35)14-12-23/h2-18,33H,19-21H2,1H3,(H,37,41). The second-order valence-electron chi connectivity index (χ2n) is 10.3. The van der Waals surface area contributed by atoms with Crippen LogP contribution in [0.1, 0.15) is 27.5 Å². The first kappa shape index (κ1) is 28.4. The Balaban J connectivity index is 1.50. The van der Waals surface area contributed by atoms with Crippen LogP contribution in [0.25, 0.3) is 16.9 Å². The van der Waals surface area contributed by atoms with Crippen LogP contribution >= 0.6 is 11.8 Å². The molecule has 2 heterocycles. The summed E-state index contributed by atoms with van der Waals surface area (Å²) in [4.78, 5) is 28.7. The lowest BCUT2D eigenvalue weighted by Gasteiger charge is -2.23. The van der Waals surface area contributed by atoms with Crippen LogP contribution in [0.2, 0.25) is 0 Å². The van der Waals surface area contributed by atoms with Crippen LogP contribution in [0, 0.1) is 18.6 Å². The van der Waals surface area contributed by atoms with E-state index in [1.807, 2.05) is 55.5 Å². The lowest BCUT2D eigenvalue weighted by molar-refractivity contribution is -0.123. The van der Waals surface area contributed by atoms with Gasteiger partial charge in [0, 0.05) is 17.7 Å². The van der Waals surface area contributed by atoms with Crippen LogP contribution < -0.4 is 10.2 Å². The van der Waals surface area contributed by atoms with Crippen molar-refractivity contribution in [1.82, 2.24) is 15.1 Å². The SMILES string of the molecule is Cc1ccccc1C1SCC(=O)N(CC(=O)NCc2ccc(F)cc2)c2c1c(-c1ccccc1)nn2-c1ccc(F)cc1. The van der Waals surface area contributed by atoms with E-state index in [0.717, 1.165) is 27.8 Å². The van der Waals surface area contributed by atoms with Gasteiger partial charge < -0.3 is 5.32 Å². The van der Waals surface area contributed by atoms with Crippen molar-refractivity contribution in [2.45, 2.75) is 18.7 Å². The number of nitrogens with zero attached hydrogens (tertiary/aromatic N) is 3. The minimum Gasteiger partial charge on any atom is -0.350 e. The molecule has 1 aliphatic heterocycles. The maximum atomic E-state index is 14.0. The Morgan fingerprint density at radius 3 is 2.26 bits per heavy atom. The number of fused-ring (bicyclic) bond motifs is 1. The van der Waals surface area contributed by atoms with Crippen molar-refractivity contribution in [3.63, 3.8) is 0 Å². The van der Waals surface area contributed by atoms with E-state index < -0.39 is 5.82 Å². The maximum absolute atomic E-state index is 14.0. The number of benzene rings is 4. The normalized spacial score (nSPS) is 14.7. The third kappa shape index (κ3) is 5.94. The highest BCUT2D eigenvalue weighted by molar-refractivity contribution is 8.00. The Morgan fingerprint density at radius 1 is 0.907 bits per heavy atom. The fourth-order valence-corrected chi connectivity index (χ4v) is 6.51. The van der Waals surface area contributed by atoms with E-state index in [0.29, 0.717) is 17.2 Å². The molecular formula is C34H28F2N4O2S. The average Bonchev–Trinajstić information content (AvgIpc) is 3.35. The van der Waals surface area contributed by atoms with Crippen molar-refractivity contribution in [1.29, 1.82) is 0 Å². The zero-order chi connectivity index (χ0) is 29.9. The van der Waals surface area contributed by atoms with Crippen molar-refractivity contribution in [3.8, 4) is 16.9 Å². The van der Waals surface area contributed by atoms with Crippen LogP contribution in [0.15, 0.2) is 103 Å². The van der Waals surface area contributed by atoms with Gasteiger partial charge in [0.05, 0.1) is 22.4 Å². The van der Waals surface area contributed by atoms with Gasteiger partial charge in [-0.2, -0.15) is 5.10 Å². The number of aryl methyl sites for hydroxylation is 1. The highest BCUT2D eigenvalue weighted by Crippen LogP contribution is 2.49. The van der Waals surface area contributed by atoms with Gasteiger partial charge in [0.15, 0.2) is 0 Å². The third-order valence-electron chi connectivity index (χ3n) is 7.38. The minimum atomic E-state index is -0.397. The number of amides is 2. The molecule has 0 aliphatic carbocycles. The number of thioether (sulfide) groups is 1. The van der Waals surface area contributed by atoms with Crippen LogP contribution in [-0.4, -0.2) is 33.9 Å². The number of carbonyl (C=O) groups is 2. The molecule has 6 rings (SSSR count). The highest BCUT2D eigenvalue weighted by atomic mass is 32.2. The molecule has 0 fully saturated rings. The van der Waals surface area contributed by atoms with Gasteiger partial charge in [0.1, 0.15) is 24.0 Å². The van der Waals surface area contributed by atoms with Crippen molar-refractivity contribution >= 4 is 29.4 Å². The zero-order valence-corrected chi connectivity index (χ0v) is 24.2. The maximum Gasteiger partial charge on any atom is 0.240 e. The summed E-state index contributed by atoms with van der Waals surface area (Å²) in [6, 6.07) is 29.5. The van der Waals surface area contributed by atoms with Gasteiger partial charge in [-0.3, -0.25) is 14.5 Å². The molecule has 6 nitrogen and oxygen atoms in total. The lowest BCUT2D eigenvalue weighted by atomic mass is 9.97. The summed E-state index contributed by atoms with van der Waals surface area (Å²) in [6.45, 7) is 1.96. The molecule has 5 aromatic rings. The smallest absolute Gasteiger partial charge is 0.240 e. The molecule has 43 heavy (non-hydrogen) atoms. The van der Waals surface area contributed by atoms with E-state index in [1.165, 1.54) is 40.9 Å². The lowest BCUT2D eigenvalue weighted by Crippen LogP contribution is -2.42. The van der Waals surface area contributed by atoms with Crippen molar-refractivity contribution in [2.75, 3.05) is 17.2 Å². The van der Waals surface area contributed by atoms with Gasteiger partial charge in [0.2, 0.25) is 11.8 Å². The van der Waals surface area contributed by atoms with Gasteiger partial charge in [-0.05, 0) is 60.0 Å². The number of halogens is 2.